The van der Waals surface area contributed by atoms with E-state index < -0.39 is 9.84 Å². The highest BCUT2D eigenvalue weighted by atomic mass is 32.2. The van der Waals surface area contributed by atoms with Crippen LogP contribution in [0.1, 0.15) is 65.5 Å². The Hall–Kier alpha value is -4.63. The van der Waals surface area contributed by atoms with Crippen LogP contribution in [0, 0.1) is 0 Å². The average molecular weight is 606 g/mol. The van der Waals surface area contributed by atoms with Gasteiger partial charge < -0.3 is 5.32 Å². The fourth-order valence-electron chi connectivity index (χ4n) is 5.81. The van der Waals surface area contributed by atoms with Crippen molar-refractivity contribution in [2.75, 3.05) is 16.8 Å². The number of anilines is 1. The van der Waals surface area contributed by atoms with Gasteiger partial charge >= 0.3 is 0 Å². The molecule has 4 heterocycles. The number of sulfone groups is 1. The van der Waals surface area contributed by atoms with Crippen LogP contribution < -0.4 is 5.32 Å². The van der Waals surface area contributed by atoms with Gasteiger partial charge in [0.1, 0.15) is 11.5 Å². The lowest BCUT2D eigenvalue weighted by molar-refractivity contribution is 0.102. The van der Waals surface area contributed by atoms with E-state index in [1.165, 1.54) is 0 Å². The van der Waals surface area contributed by atoms with E-state index in [1.54, 1.807) is 18.5 Å². The van der Waals surface area contributed by atoms with Crippen LogP contribution >= 0.6 is 0 Å². The van der Waals surface area contributed by atoms with Crippen LogP contribution in [0.4, 0.5) is 5.82 Å². The predicted molar refractivity (Wildman–Crippen MR) is 174 cm³/mol. The Morgan fingerprint density at radius 2 is 1.93 bits per heavy atom. The molecule has 2 aliphatic rings. The van der Waals surface area contributed by atoms with Crippen molar-refractivity contribution >= 4 is 27.1 Å². The number of carbonyl (C=O) groups excluding carboxylic acids is 1. The highest BCUT2D eigenvalue weighted by Gasteiger charge is 2.34. The molecule has 1 aliphatic carbocycles. The van der Waals surface area contributed by atoms with Gasteiger partial charge in [-0.15, -0.1) is 0 Å². The van der Waals surface area contributed by atoms with Crippen molar-refractivity contribution in [2.24, 2.45) is 0 Å². The van der Waals surface area contributed by atoms with Crippen LogP contribution in [-0.4, -0.2) is 45.6 Å². The molecule has 1 unspecified atom stereocenters. The average Bonchev–Trinajstić information content (AvgIpc) is 3.50. The maximum Gasteiger partial charge on any atom is 0.256 e. The highest BCUT2D eigenvalue weighted by molar-refractivity contribution is 7.91. The van der Waals surface area contributed by atoms with Crippen molar-refractivity contribution in [1.29, 1.82) is 0 Å². The number of nitrogens with one attached hydrogen (secondary N) is 1. The SMILES string of the molecule is CCc1ccnc(NC(=O)c2cccc(Cc3c(-c4ccccn4)nn(C4CCS(=O)(=O)C4)c3C3=CC(C)=CCC=C3)c2)c1. The van der Waals surface area contributed by atoms with E-state index in [1.807, 2.05) is 53.2 Å². The summed E-state index contributed by atoms with van der Waals surface area (Å²) in [6, 6.07) is 16.8. The van der Waals surface area contributed by atoms with Crippen molar-refractivity contribution in [3.05, 3.63) is 125 Å². The number of aromatic nitrogens is 4. The Morgan fingerprint density at radius 3 is 2.70 bits per heavy atom. The molecular weight excluding hydrogens is 570 g/mol. The van der Waals surface area contributed by atoms with Gasteiger partial charge in [0.15, 0.2) is 9.84 Å². The number of aryl methyl sites for hydroxylation is 1. The summed E-state index contributed by atoms with van der Waals surface area (Å²) in [4.78, 5) is 22.2. The minimum Gasteiger partial charge on any atom is -0.307 e. The Morgan fingerprint density at radius 1 is 1.05 bits per heavy atom. The van der Waals surface area contributed by atoms with E-state index in [0.29, 0.717) is 35.6 Å². The first kappa shape index (κ1) is 29.4. The van der Waals surface area contributed by atoms with Gasteiger partial charge in [-0.05, 0) is 73.7 Å². The van der Waals surface area contributed by atoms with Gasteiger partial charge in [-0.25, -0.2) is 13.4 Å². The normalized spacial score (nSPS) is 17.5. The first-order valence-electron chi connectivity index (χ1n) is 14.9. The van der Waals surface area contributed by atoms with Crippen LogP contribution in [0.5, 0.6) is 0 Å². The number of benzene rings is 1. The van der Waals surface area contributed by atoms with Crippen LogP contribution in [0.3, 0.4) is 0 Å². The molecule has 44 heavy (non-hydrogen) atoms. The molecule has 0 bridgehead atoms. The summed E-state index contributed by atoms with van der Waals surface area (Å²) < 4.78 is 27.1. The molecule has 6 rings (SSSR count). The van der Waals surface area contributed by atoms with Crippen LogP contribution in [0.25, 0.3) is 17.0 Å². The summed E-state index contributed by atoms with van der Waals surface area (Å²) in [5.74, 6) is 0.478. The smallest absolute Gasteiger partial charge is 0.256 e. The molecule has 1 atom stereocenters. The Kier molecular flexibility index (Phi) is 8.39. The number of pyridine rings is 2. The molecule has 3 aromatic heterocycles. The zero-order valence-corrected chi connectivity index (χ0v) is 25.7. The summed E-state index contributed by atoms with van der Waals surface area (Å²) in [6.07, 6.45) is 14.6. The Labute approximate surface area is 258 Å². The van der Waals surface area contributed by atoms with Crippen molar-refractivity contribution in [1.82, 2.24) is 19.7 Å². The molecule has 4 aromatic rings. The van der Waals surface area contributed by atoms with Gasteiger partial charge in [-0.2, -0.15) is 5.10 Å². The second kappa shape index (κ2) is 12.5. The lowest BCUT2D eigenvalue weighted by Crippen LogP contribution is -2.15. The van der Waals surface area contributed by atoms with Crippen molar-refractivity contribution < 1.29 is 13.2 Å². The molecule has 0 spiro atoms. The third kappa shape index (κ3) is 6.48. The molecular formula is C35H35N5O3S. The van der Waals surface area contributed by atoms with Gasteiger partial charge in [-0.1, -0.05) is 55.0 Å². The van der Waals surface area contributed by atoms with Gasteiger partial charge in [0.2, 0.25) is 0 Å². The molecule has 8 nitrogen and oxygen atoms in total. The molecule has 1 N–H and O–H groups in total. The first-order chi connectivity index (χ1) is 21.3. The molecule has 0 radical (unpaired) electrons. The molecule has 224 valence electrons. The second-order valence-electron chi connectivity index (χ2n) is 11.3. The van der Waals surface area contributed by atoms with Gasteiger partial charge in [0.25, 0.3) is 5.91 Å². The van der Waals surface area contributed by atoms with Gasteiger partial charge in [-0.3, -0.25) is 14.5 Å². The lowest BCUT2D eigenvalue weighted by Gasteiger charge is -2.16. The summed E-state index contributed by atoms with van der Waals surface area (Å²) in [7, 11) is -3.16. The number of nitrogens with zero attached hydrogens (tertiary/aromatic N) is 4. The van der Waals surface area contributed by atoms with Crippen LogP contribution in [0.2, 0.25) is 0 Å². The monoisotopic (exact) mass is 605 g/mol. The third-order valence-corrected chi connectivity index (χ3v) is 9.79. The first-order valence-corrected chi connectivity index (χ1v) is 16.8. The topological polar surface area (TPSA) is 107 Å². The van der Waals surface area contributed by atoms with E-state index in [2.05, 4.69) is 53.4 Å². The van der Waals surface area contributed by atoms with E-state index in [-0.39, 0.29) is 23.5 Å². The Balaban J connectivity index is 1.45. The van der Waals surface area contributed by atoms with Crippen molar-refractivity contribution in [2.45, 2.75) is 45.6 Å². The maximum absolute atomic E-state index is 13.3. The summed E-state index contributed by atoms with van der Waals surface area (Å²) >= 11 is 0. The number of carbonyl (C=O) groups is 1. The van der Waals surface area contributed by atoms with Crippen LogP contribution in [0.15, 0.2) is 96.9 Å². The summed E-state index contributed by atoms with van der Waals surface area (Å²) in [6.45, 7) is 4.13. The third-order valence-electron chi connectivity index (χ3n) is 8.04. The van der Waals surface area contributed by atoms with E-state index in [9.17, 15) is 13.2 Å². The maximum atomic E-state index is 13.3. The molecule has 0 saturated carbocycles. The number of hydrogen-bond donors (Lipinski definition) is 1. The fraction of sp³-hybridized carbons (Fsp3) is 0.257. The lowest BCUT2D eigenvalue weighted by atomic mass is 9.95. The molecule has 1 saturated heterocycles. The zero-order chi connectivity index (χ0) is 30.7. The summed E-state index contributed by atoms with van der Waals surface area (Å²) in [5.41, 5.74) is 7.89. The molecule has 1 amide bonds. The van der Waals surface area contributed by atoms with E-state index >= 15 is 0 Å². The highest BCUT2D eigenvalue weighted by Crippen LogP contribution is 2.37. The molecule has 1 aliphatic heterocycles. The van der Waals surface area contributed by atoms with Crippen LogP contribution in [-0.2, 0) is 22.7 Å². The number of amides is 1. The standard InChI is InChI=1S/C35H35N5O3S/c1-3-25-14-17-37-32(22-25)38-35(41)28-12-8-10-26(20-28)21-30-33(31-13-6-7-16-36-31)39-40(29-15-18-44(42,43)23-29)34(30)27-11-5-4-9-24(2)19-27/h5-14,16-17,19-20,22,29H,3-4,15,18,21,23H2,1-2H3,(H,37,38,41). The second-order valence-corrected chi connectivity index (χ2v) is 13.5. The van der Waals surface area contributed by atoms with Crippen molar-refractivity contribution in [3.8, 4) is 11.4 Å². The van der Waals surface area contributed by atoms with E-state index in [0.717, 1.165) is 46.4 Å². The van der Waals surface area contributed by atoms with Crippen molar-refractivity contribution in [3.63, 3.8) is 0 Å². The minimum atomic E-state index is -3.16. The van der Waals surface area contributed by atoms with Gasteiger partial charge in [0.05, 0.1) is 28.9 Å². The van der Waals surface area contributed by atoms with Gasteiger partial charge in [0, 0.05) is 35.5 Å². The quantitative estimate of drug-likeness (QED) is 0.249. The predicted octanol–water partition coefficient (Wildman–Crippen LogP) is 6.39. The number of hydrogen-bond acceptors (Lipinski definition) is 6. The minimum absolute atomic E-state index is 0.0531. The zero-order valence-electron chi connectivity index (χ0n) is 24.9. The molecule has 9 heteroatoms. The fourth-order valence-corrected chi connectivity index (χ4v) is 7.50. The number of allylic oxidation sites excluding steroid dienone is 6. The molecule has 1 fully saturated rings. The van der Waals surface area contributed by atoms with E-state index in [4.69, 9.17) is 5.10 Å². The molecule has 1 aromatic carbocycles. The Bertz CT molecular complexity index is 1910. The summed E-state index contributed by atoms with van der Waals surface area (Å²) in [5, 5.41) is 8.02. The number of rotatable bonds is 8. The largest absolute Gasteiger partial charge is 0.307 e.